The molecule has 0 bridgehead atoms. The van der Waals surface area contributed by atoms with Gasteiger partial charge in [-0.1, -0.05) is 33.1 Å². The smallest absolute Gasteiger partial charge is 0.0699 e. The first-order valence-electron chi connectivity index (χ1n) is 8.92. The van der Waals surface area contributed by atoms with Crippen LogP contribution in [0.3, 0.4) is 0 Å². The fraction of sp³-hybridized carbons (Fsp3) is 0.944. The monoisotopic (exact) mass is 292 g/mol. The molecule has 0 aromatic rings. The van der Waals surface area contributed by atoms with Crippen molar-refractivity contribution in [3.05, 3.63) is 0 Å². The largest absolute Gasteiger partial charge is 0.373 e. The Hall–Kier alpha value is -0.590. The number of nitriles is 1. The van der Waals surface area contributed by atoms with E-state index in [2.05, 4.69) is 25.2 Å². The molecule has 2 fully saturated rings. The van der Waals surface area contributed by atoms with Crippen molar-refractivity contribution in [3.8, 4) is 6.07 Å². The van der Waals surface area contributed by atoms with Crippen molar-refractivity contribution in [3.63, 3.8) is 0 Å². The highest BCUT2D eigenvalue weighted by molar-refractivity contribution is 4.95. The van der Waals surface area contributed by atoms with E-state index in [0.29, 0.717) is 12.5 Å². The Morgan fingerprint density at radius 2 is 1.95 bits per heavy atom. The van der Waals surface area contributed by atoms with Gasteiger partial charge in [-0.25, -0.2) is 0 Å². The van der Waals surface area contributed by atoms with Gasteiger partial charge in [0.1, 0.15) is 0 Å². The SMILES string of the molecule is CCC(CC)(CCC#N)CNC1COC2(CCCCC2)C1. The maximum Gasteiger partial charge on any atom is 0.0699 e. The molecule has 1 aliphatic heterocycles. The summed E-state index contributed by atoms with van der Waals surface area (Å²) in [6, 6.07) is 2.83. The molecule has 3 nitrogen and oxygen atoms in total. The first kappa shape index (κ1) is 16.8. The van der Waals surface area contributed by atoms with Crippen molar-refractivity contribution in [2.45, 2.75) is 89.7 Å². The molecule has 120 valence electrons. The highest BCUT2D eigenvalue weighted by atomic mass is 16.5. The Kier molecular flexibility index (Phi) is 6.08. The van der Waals surface area contributed by atoms with E-state index in [1.165, 1.54) is 38.5 Å². The van der Waals surface area contributed by atoms with Gasteiger partial charge in [-0.05, 0) is 43.9 Å². The second-order valence-corrected chi connectivity index (χ2v) is 7.20. The normalized spacial score (nSPS) is 25.1. The fourth-order valence-electron chi connectivity index (χ4n) is 4.14. The lowest BCUT2D eigenvalue weighted by molar-refractivity contribution is -0.0246. The van der Waals surface area contributed by atoms with Crippen molar-refractivity contribution in [1.82, 2.24) is 5.32 Å². The van der Waals surface area contributed by atoms with Gasteiger partial charge in [0.2, 0.25) is 0 Å². The summed E-state index contributed by atoms with van der Waals surface area (Å²) in [5, 5.41) is 12.6. The van der Waals surface area contributed by atoms with Crippen LogP contribution in [0.4, 0.5) is 0 Å². The van der Waals surface area contributed by atoms with Crippen molar-refractivity contribution >= 4 is 0 Å². The lowest BCUT2D eigenvalue weighted by atomic mass is 9.77. The van der Waals surface area contributed by atoms with Gasteiger partial charge < -0.3 is 10.1 Å². The standard InChI is InChI=1S/C18H32N2O/c1-3-17(4-2,9-8-12-19)15-20-16-13-18(21-14-16)10-6-5-7-11-18/h16,20H,3-11,13-15H2,1-2H3. The van der Waals surface area contributed by atoms with E-state index in [4.69, 9.17) is 10.00 Å². The summed E-state index contributed by atoms with van der Waals surface area (Å²) in [6.45, 7) is 6.43. The molecule has 1 heterocycles. The second-order valence-electron chi connectivity index (χ2n) is 7.20. The molecule has 3 heteroatoms. The van der Waals surface area contributed by atoms with Gasteiger partial charge in [-0.3, -0.25) is 0 Å². The molecule has 2 rings (SSSR count). The average molecular weight is 292 g/mol. The zero-order valence-electron chi connectivity index (χ0n) is 13.9. The predicted molar refractivity (Wildman–Crippen MR) is 86.0 cm³/mol. The van der Waals surface area contributed by atoms with Crippen LogP contribution in [0.2, 0.25) is 0 Å². The summed E-state index contributed by atoms with van der Waals surface area (Å²) in [7, 11) is 0. The molecule has 1 spiro atoms. The van der Waals surface area contributed by atoms with E-state index in [1.807, 2.05) is 0 Å². The molecule has 1 atom stereocenters. The molecule has 1 saturated heterocycles. The number of hydrogen-bond donors (Lipinski definition) is 1. The van der Waals surface area contributed by atoms with Crippen LogP contribution in [-0.4, -0.2) is 24.8 Å². The topological polar surface area (TPSA) is 45.0 Å². The fourth-order valence-corrected chi connectivity index (χ4v) is 4.14. The van der Waals surface area contributed by atoms with Gasteiger partial charge in [0.15, 0.2) is 0 Å². The summed E-state index contributed by atoms with van der Waals surface area (Å²) in [4.78, 5) is 0. The quantitative estimate of drug-likeness (QED) is 0.765. The molecule has 0 amide bonds. The molecule has 1 N–H and O–H groups in total. The van der Waals surface area contributed by atoms with Crippen LogP contribution in [0.25, 0.3) is 0 Å². The van der Waals surface area contributed by atoms with Gasteiger partial charge >= 0.3 is 0 Å². The maximum absolute atomic E-state index is 8.88. The molecule has 1 unspecified atom stereocenters. The Balaban J connectivity index is 1.83. The minimum absolute atomic E-state index is 0.198. The molecule has 1 aliphatic carbocycles. The number of rotatable bonds is 7. The van der Waals surface area contributed by atoms with Crippen molar-refractivity contribution in [2.75, 3.05) is 13.2 Å². The number of hydrogen-bond acceptors (Lipinski definition) is 3. The van der Waals surface area contributed by atoms with E-state index >= 15 is 0 Å². The van der Waals surface area contributed by atoms with Crippen molar-refractivity contribution < 1.29 is 4.74 Å². The summed E-state index contributed by atoms with van der Waals surface area (Å²) < 4.78 is 6.19. The molecule has 21 heavy (non-hydrogen) atoms. The lowest BCUT2D eigenvalue weighted by Gasteiger charge is -2.34. The highest BCUT2D eigenvalue weighted by Gasteiger charge is 2.41. The van der Waals surface area contributed by atoms with E-state index < -0.39 is 0 Å². The van der Waals surface area contributed by atoms with Crippen LogP contribution in [-0.2, 0) is 4.74 Å². The van der Waals surface area contributed by atoms with Crippen LogP contribution >= 0.6 is 0 Å². The Labute approximate surface area is 130 Å². The minimum atomic E-state index is 0.198. The van der Waals surface area contributed by atoms with Gasteiger partial charge in [-0.15, -0.1) is 0 Å². The third-order valence-electron chi connectivity index (χ3n) is 6.01. The van der Waals surface area contributed by atoms with Crippen molar-refractivity contribution in [1.29, 1.82) is 5.26 Å². The third kappa shape index (κ3) is 4.20. The van der Waals surface area contributed by atoms with E-state index in [-0.39, 0.29) is 11.0 Å². The minimum Gasteiger partial charge on any atom is -0.373 e. The summed E-state index contributed by atoms with van der Waals surface area (Å²) >= 11 is 0. The zero-order chi connectivity index (χ0) is 15.2. The number of nitrogens with one attached hydrogen (secondary N) is 1. The van der Waals surface area contributed by atoms with Gasteiger partial charge in [0, 0.05) is 19.0 Å². The van der Waals surface area contributed by atoms with Crippen LogP contribution in [0, 0.1) is 16.7 Å². The molecule has 1 saturated carbocycles. The van der Waals surface area contributed by atoms with E-state index in [9.17, 15) is 0 Å². The first-order valence-corrected chi connectivity index (χ1v) is 8.92. The Bertz CT molecular complexity index is 351. The van der Waals surface area contributed by atoms with E-state index in [0.717, 1.165) is 32.4 Å². The molecular weight excluding hydrogens is 260 g/mol. The van der Waals surface area contributed by atoms with Crippen molar-refractivity contribution in [2.24, 2.45) is 5.41 Å². The highest BCUT2D eigenvalue weighted by Crippen LogP contribution is 2.40. The summed E-state index contributed by atoms with van der Waals surface area (Å²) in [6.07, 6.45) is 11.7. The molecule has 0 radical (unpaired) electrons. The first-order chi connectivity index (χ1) is 10.2. The van der Waals surface area contributed by atoms with Crippen LogP contribution < -0.4 is 5.32 Å². The zero-order valence-corrected chi connectivity index (χ0v) is 13.9. The Morgan fingerprint density at radius 3 is 2.57 bits per heavy atom. The van der Waals surface area contributed by atoms with Gasteiger partial charge in [0.25, 0.3) is 0 Å². The third-order valence-corrected chi connectivity index (χ3v) is 6.01. The van der Waals surface area contributed by atoms with Gasteiger partial charge in [-0.2, -0.15) is 5.26 Å². The van der Waals surface area contributed by atoms with Crippen LogP contribution in [0.15, 0.2) is 0 Å². The predicted octanol–water partition coefficient (Wildman–Crippen LogP) is 4.18. The van der Waals surface area contributed by atoms with Crippen LogP contribution in [0.1, 0.15) is 78.1 Å². The molecule has 2 aliphatic rings. The molecular formula is C18H32N2O. The second kappa shape index (κ2) is 7.61. The van der Waals surface area contributed by atoms with Crippen LogP contribution in [0.5, 0.6) is 0 Å². The average Bonchev–Trinajstić information content (AvgIpc) is 2.92. The number of ether oxygens (including phenoxy) is 1. The number of nitrogens with zero attached hydrogens (tertiary/aromatic N) is 1. The van der Waals surface area contributed by atoms with Gasteiger partial charge in [0.05, 0.1) is 18.3 Å². The van der Waals surface area contributed by atoms with E-state index in [1.54, 1.807) is 0 Å². The Morgan fingerprint density at radius 1 is 1.24 bits per heavy atom. The molecule has 0 aromatic carbocycles. The maximum atomic E-state index is 8.88. The summed E-state index contributed by atoms with van der Waals surface area (Å²) in [5.41, 5.74) is 0.488. The molecule has 0 aromatic heterocycles. The lowest BCUT2D eigenvalue weighted by Crippen LogP contribution is -2.40. The summed E-state index contributed by atoms with van der Waals surface area (Å²) in [5.74, 6) is 0.